The summed E-state index contributed by atoms with van der Waals surface area (Å²) in [7, 11) is 0. The lowest BCUT2D eigenvalue weighted by atomic mass is 10.3. The molecule has 3 N–H and O–H groups in total. The molecule has 0 aliphatic rings. The van der Waals surface area contributed by atoms with E-state index in [0.717, 1.165) is 24.3 Å². The molecule has 0 fully saturated rings. The van der Waals surface area contributed by atoms with Gasteiger partial charge in [0, 0.05) is 12.5 Å². The van der Waals surface area contributed by atoms with Gasteiger partial charge >= 0.3 is 0 Å². The quantitative estimate of drug-likeness (QED) is 0.713. The van der Waals surface area contributed by atoms with E-state index in [1.165, 1.54) is 6.07 Å². The number of nitrogens with one attached hydrogen (secondary N) is 1. The Morgan fingerprint density at radius 1 is 1.50 bits per heavy atom. The third-order valence-electron chi connectivity index (χ3n) is 2.12. The number of nitrogens with two attached hydrogens (primary N) is 1. The Labute approximate surface area is 80.6 Å². The molecule has 74 valence electrons. The molecule has 2 aromatic heterocycles. The minimum absolute atomic E-state index is 0.0525. The SMILES string of the molecule is NCCCc1n[nH]c2cccc(=O)n12. The average Bonchev–Trinajstić information content (AvgIpc) is 2.59. The van der Waals surface area contributed by atoms with Crippen LogP contribution in [0.5, 0.6) is 0 Å². The van der Waals surface area contributed by atoms with E-state index < -0.39 is 0 Å². The summed E-state index contributed by atoms with van der Waals surface area (Å²) >= 11 is 0. The summed E-state index contributed by atoms with van der Waals surface area (Å²) < 4.78 is 1.58. The van der Waals surface area contributed by atoms with Gasteiger partial charge in [-0.25, -0.2) is 4.40 Å². The summed E-state index contributed by atoms with van der Waals surface area (Å²) in [5.74, 6) is 0.746. The average molecular weight is 192 g/mol. The van der Waals surface area contributed by atoms with Crippen LogP contribution in [0, 0.1) is 0 Å². The van der Waals surface area contributed by atoms with Gasteiger partial charge in [0.25, 0.3) is 5.56 Å². The van der Waals surface area contributed by atoms with E-state index in [1.807, 2.05) is 6.07 Å². The number of rotatable bonds is 3. The molecular formula is C9H12N4O. The van der Waals surface area contributed by atoms with Crippen LogP contribution in [0.3, 0.4) is 0 Å². The second kappa shape index (κ2) is 3.63. The Bertz CT molecular complexity index is 485. The molecule has 0 aromatic carbocycles. The zero-order valence-electron chi connectivity index (χ0n) is 7.73. The zero-order chi connectivity index (χ0) is 9.97. The first-order chi connectivity index (χ1) is 6.83. The standard InChI is InChI=1S/C9H12N4O/c10-6-2-4-8-12-11-7-3-1-5-9(14)13(7)8/h1,3,5,11H,2,4,6,10H2. The van der Waals surface area contributed by atoms with Crippen LogP contribution in [0.2, 0.25) is 0 Å². The van der Waals surface area contributed by atoms with Crippen LogP contribution in [0.15, 0.2) is 23.0 Å². The molecule has 2 aromatic rings. The molecule has 2 heterocycles. The van der Waals surface area contributed by atoms with Crippen LogP contribution in [0.25, 0.3) is 5.65 Å². The fourth-order valence-corrected chi connectivity index (χ4v) is 1.44. The maximum atomic E-state index is 11.5. The minimum Gasteiger partial charge on any atom is -0.330 e. The maximum absolute atomic E-state index is 11.5. The molecule has 0 amide bonds. The Morgan fingerprint density at radius 3 is 3.14 bits per heavy atom. The summed E-state index contributed by atoms with van der Waals surface area (Å²) in [6.45, 7) is 0.607. The number of aryl methyl sites for hydroxylation is 1. The summed E-state index contributed by atoms with van der Waals surface area (Å²) in [6, 6.07) is 5.05. The van der Waals surface area contributed by atoms with E-state index in [4.69, 9.17) is 5.73 Å². The number of hydrogen-bond acceptors (Lipinski definition) is 3. The van der Waals surface area contributed by atoms with Crippen molar-refractivity contribution in [1.82, 2.24) is 14.6 Å². The number of nitrogens with zero attached hydrogens (tertiary/aromatic N) is 2. The predicted molar refractivity (Wildman–Crippen MR) is 53.2 cm³/mol. The van der Waals surface area contributed by atoms with Crippen LogP contribution < -0.4 is 11.3 Å². The Morgan fingerprint density at radius 2 is 2.36 bits per heavy atom. The molecule has 0 atom stereocenters. The largest absolute Gasteiger partial charge is 0.330 e. The van der Waals surface area contributed by atoms with E-state index in [2.05, 4.69) is 10.2 Å². The fraction of sp³-hybridized carbons (Fsp3) is 0.333. The second-order valence-corrected chi connectivity index (χ2v) is 3.12. The van der Waals surface area contributed by atoms with Crippen molar-refractivity contribution in [2.24, 2.45) is 5.73 Å². The van der Waals surface area contributed by atoms with Crippen LogP contribution in [-0.2, 0) is 6.42 Å². The highest BCUT2D eigenvalue weighted by molar-refractivity contribution is 5.36. The van der Waals surface area contributed by atoms with E-state index in [1.54, 1.807) is 10.5 Å². The van der Waals surface area contributed by atoms with Crippen molar-refractivity contribution in [3.63, 3.8) is 0 Å². The van der Waals surface area contributed by atoms with Crippen molar-refractivity contribution in [2.45, 2.75) is 12.8 Å². The first kappa shape index (κ1) is 8.96. The van der Waals surface area contributed by atoms with Gasteiger partial charge < -0.3 is 5.73 Å². The number of H-pyrrole nitrogens is 1. The van der Waals surface area contributed by atoms with E-state index in [0.29, 0.717) is 6.54 Å². The van der Waals surface area contributed by atoms with Crippen molar-refractivity contribution >= 4 is 5.65 Å². The van der Waals surface area contributed by atoms with Crippen LogP contribution in [0.1, 0.15) is 12.2 Å². The smallest absolute Gasteiger partial charge is 0.257 e. The van der Waals surface area contributed by atoms with Crippen LogP contribution in [-0.4, -0.2) is 21.1 Å². The van der Waals surface area contributed by atoms with Gasteiger partial charge in [-0.3, -0.25) is 9.89 Å². The lowest BCUT2D eigenvalue weighted by Gasteiger charge is -1.96. The second-order valence-electron chi connectivity index (χ2n) is 3.12. The van der Waals surface area contributed by atoms with Crippen molar-refractivity contribution in [1.29, 1.82) is 0 Å². The fourth-order valence-electron chi connectivity index (χ4n) is 1.44. The first-order valence-corrected chi connectivity index (χ1v) is 4.58. The number of aromatic amines is 1. The first-order valence-electron chi connectivity index (χ1n) is 4.58. The van der Waals surface area contributed by atoms with Crippen molar-refractivity contribution < 1.29 is 0 Å². The number of hydrogen-bond donors (Lipinski definition) is 2. The number of fused-ring (bicyclic) bond motifs is 1. The minimum atomic E-state index is -0.0525. The Kier molecular flexibility index (Phi) is 2.32. The molecule has 5 heteroatoms. The van der Waals surface area contributed by atoms with E-state index in [-0.39, 0.29) is 5.56 Å². The Hall–Kier alpha value is -1.62. The van der Waals surface area contributed by atoms with Crippen molar-refractivity contribution in [2.75, 3.05) is 6.54 Å². The molecule has 0 spiro atoms. The summed E-state index contributed by atoms with van der Waals surface area (Å²) in [4.78, 5) is 11.5. The highest BCUT2D eigenvalue weighted by Crippen LogP contribution is 2.01. The van der Waals surface area contributed by atoms with Crippen LogP contribution >= 0.6 is 0 Å². The van der Waals surface area contributed by atoms with E-state index >= 15 is 0 Å². The summed E-state index contributed by atoms with van der Waals surface area (Å²) in [6.07, 6.45) is 1.56. The third-order valence-corrected chi connectivity index (χ3v) is 2.12. The van der Waals surface area contributed by atoms with Gasteiger partial charge in [-0.1, -0.05) is 6.07 Å². The molecule has 0 aliphatic heterocycles. The Balaban J connectivity index is 2.50. The molecule has 5 nitrogen and oxygen atoms in total. The molecule has 0 aliphatic carbocycles. The molecule has 0 bridgehead atoms. The van der Waals surface area contributed by atoms with Gasteiger partial charge in [0.2, 0.25) is 0 Å². The predicted octanol–water partition coefficient (Wildman–Crippen LogP) is -0.0861. The lowest BCUT2D eigenvalue weighted by molar-refractivity contribution is 0.765. The molecular weight excluding hydrogens is 180 g/mol. The van der Waals surface area contributed by atoms with Crippen LogP contribution in [0.4, 0.5) is 0 Å². The lowest BCUT2D eigenvalue weighted by Crippen LogP contribution is -2.14. The van der Waals surface area contributed by atoms with Gasteiger partial charge in [0.1, 0.15) is 11.5 Å². The monoisotopic (exact) mass is 192 g/mol. The highest BCUT2D eigenvalue weighted by atomic mass is 16.1. The van der Waals surface area contributed by atoms with Crippen molar-refractivity contribution in [3.05, 3.63) is 34.4 Å². The molecule has 0 radical (unpaired) electrons. The molecule has 0 saturated heterocycles. The zero-order valence-corrected chi connectivity index (χ0v) is 7.73. The van der Waals surface area contributed by atoms with Gasteiger partial charge in [-0.05, 0) is 19.0 Å². The van der Waals surface area contributed by atoms with Gasteiger partial charge in [-0.15, -0.1) is 0 Å². The molecule has 14 heavy (non-hydrogen) atoms. The summed E-state index contributed by atoms with van der Waals surface area (Å²) in [5, 5.41) is 6.89. The molecule has 0 saturated carbocycles. The van der Waals surface area contributed by atoms with Gasteiger partial charge in [-0.2, -0.15) is 5.10 Å². The maximum Gasteiger partial charge on any atom is 0.257 e. The normalized spacial score (nSPS) is 10.9. The third kappa shape index (κ3) is 1.42. The molecule has 0 unspecified atom stereocenters. The highest BCUT2D eigenvalue weighted by Gasteiger charge is 2.04. The topological polar surface area (TPSA) is 76.2 Å². The van der Waals surface area contributed by atoms with E-state index in [9.17, 15) is 4.79 Å². The number of aromatic nitrogens is 3. The van der Waals surface area contributed by atoms with Gasteiger partial charge in [0.15, 0.2) is 0 Å². The van der Waals surface area contributed by atoms with Gasteiger partial charge in [0.05, 0.1) is 0 Å². The van der Waals surface area contributed by atoms with Crippen molar-refractivity contribution in [3.8, 4) is 0 Å². The summed E-state index contributed by atoms with van der Waals surface area (Å²) in [5.41, 5.74) is 6.08. The number of pyridine rings is 1. The molecule has 2 rings (SSSR count).